The molecule has 0 aromatic heterocycles. The summed E-state index contributed by atoms with van der Waals surface area (Å²) >= 11 is 0. The number of nitrogens with zero attached hydrogens (tertiary/aromatic N) is 2. The Bertz CT molecular complexity index is 594. The van der Waals surface area contributed by atoms with Gasteiger partial charge in [-0.05, 0) is 50.9 Å². The first-order chi connectivity index (χ1) is 11.8. The number of hydrogen-bond donors (Lipinski definition) is 0. The molecular weight excluding hydrogens is 296 g/mol. The maximum atomic E-state index is 5.56. The minimum atomic E-state index is 0.660. The largest absolute Gasteiger partial charge is 0.396 e. The first kappa shape index (κ1) is 18.2. The van der Waals surface area contributed by atoms with Crippen molar-refractivity contribution in [3.8, 4) is 0 Å². The van der Waals surface area contributed by atoms with Crippen LogP contribution in [0, 0.1) is 0 Å². The zero-order chi connectivity index (χ0) is 17.0. The van der Waals surface area contributed by atoms with E-state index in [9.17, 15) is 0 Å². The minimum Gasteiger partial charge on any atom is -0.396 e. The summed E-state index contributed by atoms with van der Waals surface area (Å²) in [7, 11) is 4.14. The van der Waals surface area contributed by atoms with Gasteiger partial charge in [0.2, 0.25) is 0 Å². The second-order valence-corrected chi connectivity index (χ2v) is 6.23. The van der Waals surface area contributed by atoms with Gasteiger partial charge in [0, 0.05) is 6.54 Å². The normalized spacial score (nSPS) is 11.7. The van der Waals surface area contributed by atoms with Crippen LogP contribution in [0.1, 0.15) is 30.4 Å². The SMILES string of the molecule is CN(C)CCCON=C(CCCc1ccccc1)c1ccccc1. The minimum absolute atomic E-state index is 0.660. The first-order valence-electron chi connectivity index (χ1n) is 8.68. The zero-order valence-electron chi connectivity index (χ0n) is 14.8. The van der Waals surface area contributed by atoms with Crippen LogP contribution >= 0.6 is 0 Å². The van der Waals surface area contributed by atoms with Crippen LogP contribution < -0.4 is 0 Å². The van der Waals surface area contributed by atoms with Crippen molar-refractivity contribution in [2.75, 3.05) is 27.2 Å². The molecular formula is C21H28N2O. The van der Waals surface area contributed by atoms with Crippen LogP contribution in [0.2, 0.25) is 0 Å². The lowest BCUT2D eigenvalue weighted by Crippen LogP contribution is -2.14. The van der Waals surface area contributed by atoms with E-state index >= 15 is 0 Å². The summed E-state index contributed by atoms with van der Waals surface area (Å²) in [6.07, 6.45) is 4.04. The molecule has 0 amide bonds. The van der Waals surface area contributed by atoms with Crippen LogP contribution in [-0.2, 0) is 11.3 Å². The third-order valence-electron chi connectivity index (χ3n) is 3.84. The molecule has 0 saturated heterocycles. The fraction of sp³-hybridized carbons (Fsp3) is 0.381. The molecule has 0 radical (unpaired) electrons. The van der Waals surface area contributed by atoms with E-state index < -0.39 is 0 Å². The van der Waals surface area contributed by atoms with Gasteiger partial charge in [-0.3, -0.25) is 0 Å². The Labute approximate surface area is 145 Å². The van der Waals surface area contributed by atoms with Gasteiger partial charge >= 0.3 is 0 Å². The topological polar surface area (TPSA) is 24.8 Å². The van der Waals surface area contributed by atoms with Crippen molar-refractivity contribution < 1.29 is 4.84 Å². The molecule has 3 nitrogen and oxygen atoms in total. The summed E-state index contributed by atoms with van der Waals surface area (Å²) in [5.41, 5.74) is 3.56. The van der Waals surface area contributed by atoms with Crippen LogP contribution in [-0.4, -0.2) is 37.9 Å². The van der Waals surface area contributed by atoms with Gasteiger partial charge in [0.15, 0.2) is 0 Å². The summed E-state index contributed by atoms with van der Waals surface area (Å²) in [6, 6.07) is 20.9. The van der Waals surface area contributed by atoms with Gasteiger partial charge in [0.1, 0.15) is 6.61 Å². The third-order valence-corrected chi connectivity index (χ3v) is 3.84. The summed E-state index contributed by atoms with van der Waals surface area (Å²) in [4.78, 5) is 7.72. The highest BCUT2D eigenvalue weighted by Crippen LogP contribution is 2.11. The average Bonchev–Trinajstić information content (AvgIpc) is 2.61. The summed E-state index contributed by atoms with van der Waals surface area (Å²) in [5, 5.41) is 4.42. The quantitative estimate of drug-likeness (QED) is 0.368. The van der Waals surface area contributed by atoms with Crippen LogP contribution in [0.5, 0.6) is 0 Å². The van der Waals surface area contributed by atoms with E-state index in [0.717, 1.165) is 43.5 Å². The van der Waals surface area contributed by atoms with Gasteiger partial charge in [-0.1, -0.05) is 65.8 Å². The van der Waals surface area contributed by atoms with Gasteiger partial charge in [0.25, 0.3) is 0 Å². The van der Waals surface area contributed by atoms with Crippen molar-refractivity contribution in [1.82, 2.24) is 4.90 Å². The number of rotatable bonds is 10. The fourth-order valence-corrected chi connectivity index (χ4v) is 2.55. The fourth-order valence-electron chi connectivity index (χ4n) is 2.55. The third kappa shape index (κ3) is 6.97. The van der Waals surface area contributed by atoms with Crippen molar-refractivity contribution in [3.05, 3.63) is 71.8 Å². The Kier molecular flexibility index (Phi) is 8.05. The molecule has 2 rings (SSSR count). The van der Waals surface area contributed by atoms with Gasteiger partial charge < -0.3 is 9.74 Å². The number of hydrogen-bond acceptors (Lipinski definition) is 3. The molecule has 128 valence electrons. The van der Waals surface area contributed by atoms with E-state index in [1.165, 1.54) is 5.56 Å². The monoisotopic (exact) mass is 324 g/mol. The van der Waals surface area contributed by atoms with Crippen LogP contribution in [0.15, 0.2) is 65.8 Å². The van der Waals surface area contributed by atoms with Crippen molar-refractivity contribution in [1.29, 1.82) is 0 Å². The lowest BCUT2D eigenvalue weighted by Gasteiger charge is -2.10. The molecule has 0 N–H and O–H groups in total. The van der Waals surface area contributed by atoms with Crippen molar-refractivity contribution in [2.45, 2.75) is 25.7 Å². The van der Waals surface area contributed by atoms with E-state index in [4.69, 9.17) is 4.84 Å². The highest BCUT2D eigenvalue weighted by Gasteiger charge is 2.05. The summed E-state index contributed by atoms with van der Waals surface area (Å²) in [5.74, 6) is 0. The molecule has 0 aliphatic heterocycles. The zero-order valence-corrected chi connectivity index (χ0v) is 14.8. The molecule has 2 aromatic carbocycles. The molecule has 0 spiro atoms. The Morgan fingerprint density at radius 1 is 0.917 bits per heavy atom. The maximum absolute atomic E-state index is 5.56. The average molecular weight is 324 g/mol. The molecule has 2 aromatic rings. The summed E-state index contributed by atoms with van der Waals surface area (Å²) < 4.78 is 0. The van der Waals surface area contributed by atoms with Gasteiger partial charge in [0.05, 0.1) is 5.71 Å². The predicted octanol–water partition coefficient (Wildman–Crippen LogP) is 4.38. The van der Waals surface area contributed by atoms with E-state index in [1.807, 2.05) is 18.2 Å². The predicted molar refractivity (Wildman–Crippen MR) is 101 cm³/mol. The number of oxime groups is 1. The smallest absolute Gasteiger partial charge is 0.118 e. The lowest BCUT2D eigenvalue weighted by molar-refractivity contribution is 0.134. The Hall–Kier alpha value is -2.13. The van der Waals surface area contributed by atoms with E-state index in [-0.39, 0.29) is 0 Å². The van der Waals surface area contributed by atoms with Crippen molar-refractivity contribution in [2.24, 2.45) is 5.16 Å². The van der Waals surface area contributed by atoms with Crippen molar-refractivity contribution >= 4 is 5.71 Å². The molecule has 0 saturated carbocycles. The van der Waals surface area contributed by atoms with E-state index in [2.05, 4.69) is 66.6 Å². The molecule has 0 fully saturated rings. The second kappa shape index (κ2) is 10.6. The second-order valence-electron chi connectivity index (χ2n) is 6.23. The molecule has 24 heavy (non-hydrogen) atoms. The Morgan fingerprint density at radius 2 is 1.58 bits per heavy atom. The van der Waals surface area contributed by atoms with Crippen LogP contribution in [0.25, 0.3) is 0 Å². The highest BCUT2D eigenvalue weighted by atomic mass is 16.6. The summed E-state index contributed by atoms with van der Waals surface area (Å²) in [6.45, 7) is 1.68. The molecule has 0 heterocycles. The molecule has 0 atom stereocenters. The van der Waals surface area contributed by atoms with Gasteiger partial charge in [-0.2, -0.15) is 0 Å². The Balaban J connectivity index is 1.88. The van der Waals surface area contributed by atoms with Crippen LogP contribution in [0.4, 0.5) is 0 Å². The molecule has 0 aliphatic carbocycles. The molecule has 0 unspecified atom stereocenters. The maximum Gasteiger partial charge on any atom is 0.118 e. The number of aryl methyl sites for hydroxylation is 1. The molecule has 0 bridgehead atoms. The Morgan fingerprint density at radius 3 is 2.25 bits per heavy atom. The lowest BCUT2D eigenvalue weighted by atomic mass is 10.0. The van der Waals surface area contributed by atoms with Crippen molar-refractivity contribution in [3.63, 3.8) is 0 Å². The van der Waals surface area contributed by atoms with E-state index in [0.29, 0.717) is 6.61 Å². The molecule has 3 heteroatoms. The molecule has 0 aliphatic rings. The van der Waals surface area contributed by atoms with Gasteiger partial charge in [-0.15, -0.1) is 0 Å². The number of benzene rings is 2. The highest BCUT2D eigenvalue weighted by molar-refractivity contribution is 6.00. The van der Waals surface area contributed by atoms with E-state index in [1.54, 1.807) is 0 Å². The van der Waals surface area contributed by atoms with Gasteiger partial charge in [-0.25, -0.2) is 0 Å². The van der Waals surface area contributed by atoms with Crippen LogP contribution in [0.3, 0.4) is 0 Å². The first-order valence-corrected chi connectivity index (χ1v) is 8.68. The standard InChI is InChI=1S/C21H28N2O/c1-23(2)17-10-18-24-22-21(20-14-7-4-8-15-20)16-9-13-19-11-5-3-6-12-19/h3-8,11-12,14-15H,9-10,13,16-18H2,1-2H3.